The topological polar surface area (TPSA) is 91.4 Å². The smallest absolute Gasteiger partial charge is 0.256 e. The number of carbonyl (C=O) groups is 1. The second-order valence-electron chi connectivity index (χ2n) is 7.51. The predicted octanol–water partition coefficient (Wildman–Crippen LogP) is 4.44. The first-order valence-corrected chi connectivity index (χ1v) is 10.1. The summed E-state index contributed by atoms with van der Waals surface area (Å²) < 4.78 is 18.4. The Balaban J connectivity index is 1.47. The van der Waals surface area contributed by atoms with Gasteiger partial charge in [-0.2, -0.15) is 5.10 Å². The van der Waals surface area contributed by atoms with E-state index in [0.29, 0.717) is 35.5 Å². The van der Waals surface area contributed by atoms with Crippen molar-refractivity contribution < 1.29 is 18.8 Å². The predicted molar refractivity (Wildman–Crippen MR) is 111 cm³/mol. The van der Waals surface area contributed by atoms with Crippen LogP contribution in [-0.4, -0.2) is 28.0 Å². The minimum atomic E-state index is -0.217. The quantitative estimate of drug-likeness (QED) is 0.619. The number of amides is 1. The Morgan fingerprint density at radius 2 is 2.03 bits per heavy atom. The molecule has 0 unspecified atom stereocenters. The first-order valence-electron chi connectivity index (χ1n) is 10.1. The largest absolute Gasteiger partial charge is 0.493 e. The number of methoxy groups -OCH3 is 1. The van der Waals surface area contributed by atoms with Gasteiger partial charge in [-0.25, -0.2) is 4.68 Å². The highest BCUT2D eigenvalue weighted by Gasteiger charge is 2.21. The van der Waals surface area contributed by atoms with Crippen LogP contribution in [0.4, 0.5) is 5.82 Å². The average molecular weight is 410 g/mol. The number of hydrogen-bond acceptors (Lipinski definition) is 6. The van der Waals surface area contributed by atoms with Crippen molar-refractivity contribution in [2.45, 2.75) is 52.2 Å². The lowest BCUT2D eigenvalue weighted by atomic mass is 10.2. The van der Waals surface area contributed by atoms with Gasteiger partial charge in [-0.1, -0.05) is 18.0 Å². The number of aromatic nitrogens is 3. The Hall–Kier alpha value is -3.29. The van der Waals surface area contributed by atoms with Crippen molar-refractivity contribution in [1.29, 1.82) is 0 Å². The Labute approximate surface area is 175 Å². The molecule has 0 radical (unpaired) electrons. The third kappa shape index (κ3) is 4.03. The molecule has 1 aromatic carbocycles. The number of rotatable bonds is 7. The highest BCUT2D eigenvalue weighted by molar-refractivity contribution is 6.04. The fourth-order valence-electron chi connectivity index (χ4n) is 3.83. The van der Waals surface area contributed by atoms with Gasteiger partial charge in [0, 0.05) is 11.6 Å². The van der Waals surface area contributed by atoms with Crippen molar-refractivity contribution in [2.24, 2.45) is 0 Å². The van der Waals surface area contributed by atoms with Crippen LogP contribution in [0.25, 0.3) is 0 Å². The van der Waals surface area contributed by atoms with Crippen LogP contribution in [0, 0.1) is 13.8 Å². The number of ether oxygens (including phenoxy) is 2. The van der Waals surface area contributed by atoms with Gasteiger partial charge in [-0.3, -0.25) is 4.79 Å². The summed E-state index contributed by atoms with van der Waals surface area (Å²) in [6.07, 6.45) is 6.31. The molecule has 2 aromatic heterocycles. The molecule has 3 aromatic rings. The van der Waals surface area contributed by atoms with Crippen molar-refractivity contribution in [3.8, 4) is 11.5 Å². The summed E-state index contributed by atoms with van der Waals surface area (Å²) in [6, 6.07) is 7.31. The molecule has 1 aliphatic rings. The molecule has 1 N–H and O–H groups in total. The Kier molecular flexibility index (Phi) is 5.74. The van der Waals surface area contributed by atoms with Crippen molar-refractivity contribution in [2.75, 3.05) is 12.4 Å². The number of nitrogens with one attached hydrogen (secondary N) is 1. The maximum Gasteiger partial charge on any atom is 0.256 e. The summed E-state index contributed by atoms with van der Waals surface area (Å²) in [5, 5.41) is 11.3. The third-order valence-electron chi connectivity index (χ3n) is 5.56. The van der Waals surface area contributed by atoms with E-state index in [1.165, 1.54) is 12.8 Å². The summed E-state index contributed by atoms with van der Waals surface area (Å²) in [6.45, 7) is 4.03. The van der Waals surface area contributed by atoms with Crippen LogP contribution in [0.2, 0.25) is 0 Å². The fraction of sp³-hybridized carbons (Fsp3) is 0.409. The van der Waals surface area contributed by atoms with E-state index in [9.17, 15) is 4.79 Å². The van der Waals surface area contributed by atoms with Crippen LogP contribution in [-0.2, 0) is 6.61 Å². The minimum absolute atomic E-state index is 0.217. The van der Waals surface area contributed by atoms with Gasteiger partial charge in [0.25, 0.3) is 5.91 Å². The van der Waals surface area contributed by atoms with E-state index < -0.39 is 0 Å². The van der Waals surface area contributed by atoms with Crippen molar-refractivity contribution in [3.05, 3.63) is 53.0 Å². The fourth-order valence-corrected chi connectivity index (χ4v) is 3.83. The summed E-state index contributed by atoms with van der Waals surface area (Å²) in [5.41, 5.74) is 2.18. The number of aryl methyl sites for hydroxylation is 2. The molecule has 4 rings (SSSR count). The van der Waals surface area contributed by atoms with Crippen LogP contribution in [0.3, 0.4) is 0 Å². The summed E-state index contributed by atoms with van der Waals surface area (Å²) >= 11 is 0. The molecule has 0 spiro atoms. The molecule has 8 heteroatoms. The zero-order valence-electron chi connectivity index (χ0n) is 17.5. The molecule has 1 fully saturated rings. The zero-order valence-corrected chi connectivity index (χ0v) is 17.5. The Morgan fingerprint density at radius 3 is 2.73 bits per heavy atom. The molecular weight excluding hydrogens is 384 g/mol. The van der Waals surface area contributed by atoms with Gasteiger partial charge in [-0.15, -0.1) is 0 Å². The standard InChI is InChI=1S/C22H26N4O4/c1-14-18(15(2)30-25-14)13-29-19-9-8-16(12-20(19)28-3)22(27)24-21-10-11-23-26(21)17-6-4-5-7-17/h8-12,17H,4-7,13H2,1-3H3,(H,24,27). The minimum Gasteiger partial charge on any atom is -0.493 e. The average Bonchev–Trinajstić information content (AvgIpc) is 3.49. The monoisotopic (exact) mass is 410 g/mol. The van der Waals surface area contributed by atoms with E-state index in [-0.39, 0.29) is 5.91 Å². The van der Waals surface area contributed by atoms with Crippen molar-refractivity contribution >= 4 is 11.7 Å². The van der Waals surface area contributed by atoms with E-state index in [1.807, 2.05) is 24.6 Å². The lowest BCUT2D eigenvalue weighted by Gasteiger charge is -2.15. The Morgan fingerprint density at radius 1 is 1.23 bits per heavy atom. The van der Waals surface area contributed by atoms with E-state index in [4.69, 9.17) is 14.0 Å². The highest BCUT2D eigenvalue weighted by Crippen LogP contribution is 2.32. The van der Waals surface area contributed by atoms with E-state index in [2.05, 4.69) is 15.6 Å². The molecule has 8 nitrogen and oxygen atoms in total. The van der Waals surface area contributed by atoms with Gasteiger partial charge in [0.05, 0.1) is 30.6 Å². The molecule has 0 aliphatic heterocycles. The molecule has 30 heavy (non-hydrogen) atoms. The molecule has 0 atom stereocenters. The molecule has 0 bridgehead atoms. The van der Waals surface area contributed by atoms with Gasteiger partial charge in [0.2, 0.25) is 0 Å². The van der Waals surface area contributed by atoms with Crippen LogP contribution in [0.1, 0.15) is 59.1 Å². The maximum atomic E-state index is 12.8. The number of anilines is 1. The third-order valence-corrected chi connectivity index (χ3v) is 5.56. The van der Waals surface area contributed by atoms with E-state index >= 15 is 0 Å². The first-order chi connectivity index (χ1) is 14.6. The summed E-state index contributed by atoms with van der Waals surface area (Å²) in [5.74, 6) is 2.25. The van der Waals surface area contributed by atoms with Crippen LogP contribution < -0.4 is 14.8 Å². The Bertz CT molecular complexity index is 1010. The van der Waals surface area contributed by atoms with E-state index in [0.717, 1.165) is 29.9 Å². The van der Waals surface area contributed by atoms with Crippen molar-refractivity contribution in [1.82, 2.24) is 14.9 Å². The second kappa shape index (κ2) is 8.61. The van der Waals surface area contributed by atoms with Gasteiger partial charge in [0.1, 0.15) is 18.2 Å². The number of benzene rings is 1. The second-order valence-corrected chi connectivity index (χ2v) is 7.51. The molecule has 2 heterocycles. The maximum absolute atomic E-state index is 12.8. The number of carbonyl (C=O) groups excluding carboxylic acids is 1. The van der Waals surface area contributed by atoms with Crippen LogP contribution in [0.15, 0.2) is 35.0 Å². The van der Waals surface area contributed by atoms with Crippen LogP contribution in [0.5, 0.6) is 11.5 Å². The lowest BCUT2D eigenvalue weighted by Crippen LogP contribution is -2.17. The van der Waals surface area contributed by atoms with Crippen LogP contribution >= 0.6 is 0 Å². The first kappa shape index (κ1) is 20.0. The number of hydrogen-bond donors (Lipinski definition) is 1. The van der Waals surface area contributed by atoms with Gasteiger partial charge < -0.3 is 19.3 Å². The van der Waals surface area contributed by atoms with E-state index in [1.54, 1.807) is 31.5 Å². The van der Waals surface area contributed by atoms with Gasteiger partial charge >= 0.3 is 0 Å². The van der Waals surface area contributed by atoms with Gasteiger partial charge in [-0.05, 0) is 44.9 Å². The molecular formula is C22H26N4O4. The molecule has 1 aliphatic carbocycles. The zero-order chi connectivity index (χ0) is 21.1. The molecule has 0 saturated heterocycles. The normalized spacial score (nSPS) is 14.1. The summed E-state index contributed by atoms with van der Waals surface area (Å²) in [4.78, 5) is 12.8. The van der Waals surface area contributed by atoms with Gasteiger partial charge in [0.15, 0.2) is 11.5 Å². The molecule has 158 valence electrons. The molecule has 1 saturated carbocycles. The molecule has 1 amide bonds. The van der Waals surface area contributed by atoms with Crippen molar-refractivity contribution in [3.63, 3.8) is 0 Å². The number of nitrogens with zero attached hydrogens (tertiary/aromatic N) is 3. The SMILES string of the molecule is COc1cc(C(=O)Nc2ccnn2C2CCCC2)ccc1OCc1c(C)noc1C. The lowest BCUT2D eigenvalue weighted by molar-refractivity contribution is 0.102. The highest BCUT2D eigenvalue weighted by atomic mass is 16.5. The summed E-state index contributed by atoms with van der Waals surface area (Å²) in [7, 11) is 1.55.